The molecule has 3 fully saturated rings. The molecule has 1 aromatic rings. The standard InChI is InChI=1S/C27H40N2O5/c30-25(18-27(31)11-16-32-17-12-27)28-22-6-4-20(5-7-22)8-13-29-14-9-21(10-15-29)23-2-1-3-24-26(23)34-19-33-24/h1-3,20-22,31H,4-19H2,(H,28,30). The van der Waals surface area contributed by atoms with Crippen LogP contribution in [-0.4, -0.2) is 67.2 Å². The van der Waals surface area contributed by atoms with Crippen LogP contribution >= 0.6 is 0 Å². The number of benzene rings is 1. The Morgan fingerprint density at radius 1 is 1.06 bits per heavy atom. The van der Waals surface area contributed by atoms with Gasteiger partial charge in [0.25, 0.3) is 0 Å². The van der Waals surface area contributed by atoms with Gasteiger partial charge in [-0.05, 0) is 82.5 Å². The molecule has 1 saturated carbocycles. The Balaban J connectivity index is 0.988. The van der Waals surface area contributed by atoms with Gasteiger partial charge in [-0.25, -0.2) is 0 Å². The Bertz CT molecular complexity index is 824. The van der Waals surface area contributed by atoms with Gasteiger partial charge in [-0.2, -0.15) is 0 Å². The summed E-state index contributed by atoms with van der Waals surface area (Å²) in [6.07, 6.45) is 9.41. The van der Waals surface area contributed by atoms with Gasteiger partial charge in [0.1, 0.15) is 0 Å². The highest BCUT2D eigenvalue weighted by atomic mass is 16.7. The number of ether oxygens (including phenoxy) is 3. The number of carbonyl (C=O) groups is 1. The van der Waals surface area contributed by atoms with Crippen molar-refractivity contribution in [3.05, 3.63) is 23.8 Å². The molecular formula is C27H40N2O5. The number of piperidine rings is 1. The number of nitrogens with zero attached hydrogens (tertiary/aromatic N) is 1. The molecule has 0 bridgehead atoms. The summed E-state index contributed by atoms with van der Waals surface area (Å²) >= 11 is 0. The monoisotopic (exact) mass is 472 g/mol. The molecule has 0 atom stereocenters. The third kappa shape index (κ3) is 5.86. The van der Waals surface area contributed by atoms with Gasteiger partial charge in [0.15, 0.2) is 11.5 Å². The molecule has 0 unspecified atom stereocenters. The van der Waals surface area contributed by atoms with E-state index in [2.05, 4.69) is 22.3 Å². The van der Waals surface area contributed by atoms with E-state index in [1.807, 2.05) is 6.07 Å². The molecule has 3 aliphatic heterocycles. The third-order valence-electron chi connectivity index (χ3n) is 8.43. The molecule has 1 amide bonds. The van der Waals surface area contributed by atoms with E-state index < -0.39 is 5.60 Å². The molecule has 3 heterocycles. The molecule has 2 N–H and O–H groups in total. The minimum Gasteiger partial charge on any atom is -0.454 e. The van der Waals surface area contributed by atoms with Crippen molar-refractivity contribution in [3.63, 3.8) is 0 Å². The van der Waals surface area contributed by atoms with E-state index in [1.54, 1.807) is 0 Å². The van der Waals surface area contributed by atoms with E-state index in [0.29, 0.717) is 38.8 Å². The molecule has 4 aliphatic rings. The predicted octanol–water partition coefficient (Wildman–Crippen LogP) is 3.59. The Morgan fingerprint density at radius 3 is 2.59 bits per heavy atom. The van der Waals surface area contributed by atoms with E-state index >= 15 is 0 Å². The highest BCUT2D eigenvalue weighted by Crippen LogP contribution is 2.42. The topological polar surface area (TPSA) is 80.3 Å². The number of aliphatic hydroxyl groups is 1. The Morgan fingerprint density at radius 2 is 1.82 bits per heavy atom. The fraction of sp³-hybridized carbons (Fsp3) is 0.741. The van der Waals surface area contributed by atoms with E-state index in [1.165, 1.54) is 44.2 Å². The van der Waals surface area contributed by atoms with Gasteiger partial charge in [0, 0.05) is 37.7 Å². The lowest BCUT2D eigenvalue weighted by Gasteiger charge is -2.35. The molecule has 0 spiro atoms. The minimum absolute atomic E-state index is 0.00302. The Kier molecular flexibility index (Phi) is 7.61. The number of para-hydroxylation sites is 1. The van der Waals surface area contributed by atoms with Crippen molar-refractivity contribution in [2.75, 3.05) is 39.6 Å². The van der Waals surface area contributed by atoms with Gasteiger partial charge in [-0.1, -0.05) is 12.1 Å². The lowest BCUT2D eigenvalue weighted by Crippen LogP contribution is -2.44. The number of rotatable bonds is 7. The molecular weight excluding hydrogens is 432 g/mol. The molecule has 5 rings (SSSR count). The largest absolute Gasteiger partial charge is 0.454 e. The molecule has 1 aromatic carbocycles. The van der Waals surface area contributed by atoms with Crippen LogP contribution in [0.15, 0.2) is 18.2 Å². The summed E-state index contributed by atoms with van der Waals surface area (Å²) in [5.74, 6) is 3.18. The van der Waals surface area contributed by atoms with Gasteiger partial charge in [0.2, 0.25) is 12.7 Å². The summed E-state index contributed by atoms with van der Waals surface area (Å²) in [6, 6.07) is 6.55. The number of carbonyl (C=O) groups excluding carboxylic acids is 1. The zero-order valence-corrected chi connectivity index (χ0v) is 20.3. The van der Waals surface area contributed by atoms with E-state index in [4.69, 9.17) is 14.2 Å². The lowest BCUT2D eigenvalue weighted by atomic mass is 9.83. The first-order valence-electron chi connectivity index (χ1n) is 13.3. The number of nitrogens with one attached hydrogen (secondary N) is 1. The lowest BCUT2D eigenvalue weighted by molar-refractivity contribution is -0.131. The van der Waals surface area contributed by atoms with Crippen LogP contribution in [0.25, 0.3) is 0 Å². The van der Waals surface area contributed by atoms with Crippen molar-refractivity contribution in [2.24, 2.45) is 5.92 Å². The van der Waals surface area contributed by atoms with Crippen LogP contribution in [0.4, 0.5) is 0 Å². The number of hydrogen-bond acceptors (Lipinski definition) is 6. The second-order valence-electron chi connectivity index (χ2n) is 10.8. The van der Waals surface area contributed by atoms with Crippen molar-refractivity contribution in [3.8, 4) is 11.5 Å². The zero-order chi connectivity index (χ0) is 23.4. The maximum atomic E-state index is 12.5. The Hall–Kier alpha value is -1.83. The molecule has 0 aromatic heterocycles. The molecule has 1 aliphatic carbocycles. The minimum atomic E-state index is -0.881. The summed E-state index contributed by atoms with van der Waals surface area (Å²) in [6.45, 7) is 4.90. The normalized spacial score (nSPS) is 27.4. The molecule has 7 heteroatoms. The first-order valence-corrected chi connectivity index (χ1v) is 13.3. The van der Waals surface area contributed by atoms with Crippen molar-refractivity contribution in [2.45, 2.75) is 81.8 Å². The predicted molar refractivity (Wildman–Crippen MR) is 129 cm³/mol. The van der Waals surface area contributed by atoms with Crippen LogP contribution in [0, 0.1) is 5.92 Å². The summed E-state index contributed by atoms with van der Waals surface area (Å²) in [4.78, 5) is 15.1. The fourth-order valence-corrected chi connectivity index (χ4v) is 6.21. The molecule has 7 nitrogen and oxygen atoms in total. The first kappa shape index (κ1) is 23.9. The quantitative estimate of drug-likeness (QED) is 0.631. The summed E-state index contributed by atoms with van der Waals surface area (Å²) in [5, 5.41) is 13.8. The highest BCUT2D eigenvalue weighted by molar-refractivity contribution is 5.77. The average molecular weight is 473 g/mol. The van der Waals surface area contributed by atoms with Crippen molar-refractivity contribution < 1.29 is 24.1 Å². The summed E-state index contributed by atoms with van der Waals surface area (Å²) < 4.78 is 16.6. The van der Waals surface area contributed by atoms with Crippen molar-refractivity contribution in [1.82, 2.24) is 10.2 Å². The molecule has 188 valence electrons. The van der Waals surface area contributed by atoms with Crippen LogP contribution in [0.2, 0.25) is 0 Å². The van der Waals surface area contributed by atoms with Gasteiger partial charge in [-0.15, -0.1) is 0 Å². The second-order valence-corrected chi connectivity index (χ2v) is 10.8. The van der Waals surface area contributed by atoms with Crippen LogP contribution in [0.1, 0.15) is 75.7 Å². The number of hydrogen-bond donors (Lipinski definition) is 2. The number of amides is 1. The average Bonchev–Trinajstić information content (AvgIpc) is 3.33. The van der Waals surface area contributed by atoms with E-state index in [9.17, 15) is 9.90 Å². The van der Waals surface area contributed by atoms with Gasteiger partial charge < -0.3 is 29.5 Å². The number of likely N-dealkylation sites (tertiary alicyclic amines) is 1. The first-order chi connectivity index (χ1) is 16.6. The third-order valence-corrected chi connectivity index (χ3v) is 8.43. The second kappa shape index (κ2) is 10.8. The van der Waals surface area contributed by atoms with Gasteiger partial charge in [-0.3, -0.25) is 4.79 Å². The van der Waals surface area contributed by atoms with Crippen molar-refractivity contribution in [1.29, 1.82) is 0 Å². The SMILES string of the molecule is O=C(CC1(O)CCOCC1)NC1CCC(CCN2CCC(c3cccc4c3OCO4)CC2)CC1. The smallest absolute Gasteiger partial charge is 0.231 e. The highest BCUT2D eigenvalue weighted by Gasteiger charge is 2.33. The number of fused-ring (bicyclic) bond motifs is 1. The molecule has 2 saturated heterocycles. The van der Waals surface area contributed by atoms with Crippen LogP contribution < -0.4 is 14.8 Å². The molecule has 34 heavy (non-hydrogen) atoms. The van der Waals surface area contributed by atoms with E-state index in [-0.39, 0.29) is 18.4 Å². The fourth-order valence-electron chi connectivity index (χ4n) is 6.21. The Labute approximate surface area is 203 Å². The molecule has 0 radical (unpaired) electrons. The van der Waals surface area contributed by atoms with E-state index in [0.717, 1.165) is 43.3 Å². The zero-order valence-electron chi connectivity index (χ0n) is 20.3. The van der Waals surface area contributed by atoms with Crippen LogP contribution in [-0.2, 0) is 9.53 Å². The summed E-state index contributed by atoms with van der Waals surface area (Å²) in [7, 11) is 0. The van der Waals surface area contributed by atoms with Crippen LogP contribution in [0.5, 0.6) is 11.5 Å². The van der Waals surface area contributed by atoms with Crippen molar-refractivity contribution >= 4 is 5.91 Å². The van der Waals surface area contributed by atoms with Gasteiger partial charge >= 0.3 is 0 Å². The summed E-state index contributed by atoms with van der Waals surface area (Å²) in [5.41, 5.74) is 0.438. The van der Waals surface area contributed by atoms with Gasteiger partial charge in [0.05, 0.1) is 12.0 Å². The maximum Gasteiger partial charge on any atom is 0.231 e. The maximum absolute atomic E-state index is 12.5. The van der Waals surface area contributed by atoms with Crippen LogP contribution in [0.3, 0.4) is 0 Å².